The van der Waals surface area contributed by atoms with Crippen LogP contribution in [0.2, 0.25) is 0 Å². The van der Waals surface area contributed by atoms with E-state index in [1.54, 1.807) is 7.11 Å². The first-order valence-corrected chi connectivity index (χ1v) is 7.30. The van der Waals surface area contributed by atoms with Crippen LogP contribution in [0, 0.1) is 6.92 Å². The number of hydrogen-bond acceptors (Lipinski definition) is 1. The van der Waals surface area contributed by atoms with Gasteiger partial charge in [0.1, 0.15) is 5.75 Å². The van der Waals surface area contributed by atoms with E-state index in [9.17, 15) is 0 Å². The standard InChI is InChI=1S/C19H23O/c1-4-7-19(16-12-10-15(5-2)11-13-16)17-8-6-9-18(14-17)20-3/h6,8-14,19H,1,4-5,7H2,2-3H3. The number of ether oxygens (including phenoxy) is 1. The Morgan fingerprint density at radius 2 is 1.80 bits per heavy atom. The average Bonchev–Trinajstić information content (AvgIpc) is 2.53. The number of aryl methyl sites for hydroxylation is 1. The van der Waals surface area contributed by atoms with Crippen molar-refractivity contribution in [3.63, 3.8) is 0 Å². The van der Waals surface area contributed by atoms with Crippen LogP contribution in [0.15, 0.2) is 48.5 Å². The molecule has 0 bridgehead atoms. The Hall–Kier alpha value is -1.76. The van der Waals surface area contributed by atoms with Crippen molar-refractivity contribution in [3.8, 4) is 5.75 Å². The minimum Gasteiger partial charge on any atom is -0.497 e. The summed E-state index contributed by atoms with van der Waals surface area (Å²) in [5.74, 6) is 1.32. The highest BCUT2D eigenvalue weighted by atomic mass is 16.5. The molecule has 0 aliphatic rings. The van der Waals surface area contributed by atoms with Gasteiger partial charge in [0.05, 0.1) is 7.11 Å². The summed E-state index contributed by atoms with van der Waals surface area (Å²) in [5, 5.41) is 0. The normalized spacial score (nSPS) is 12.2. The van der Waals surface area contributed by atoms with Gasteiger partial charge in [-0.2, -0.15) is 0 Å². The molecule has 0 aromatic heterocycles. The average molecular weight is 267 g/mol. The molecule has 1 radical (unpaired) electrons. The summed E-state index contributed by atoms with van der Waals surface area (Å²) in [7, 11) is 1.71. The molecule has 1 heteroatoms. The van der Waals surface area contributed by atoms with Crippen LogP contribution in [-0.2, 0) is 6.42 Å². The maximum absolute atomic E-state index is 5.34. The molecule has 1 atom stereocenters. The van der Waals surface area contributed by atoms with Crippen molar-refractivity contribution in [2.45, 2.75) is 32.1 Å². The minimum atomic E-state index is 0.397. The fourth-order valence-corrected chi connectivity index (χ4v) is 2.57. The fourth-order valence-electron chi connectivity index (χ4n) is 2.57. The van der Waals surface area contributed by atoms with Crippen LogP contribution in [0.4, 0.5) is 0 Å². The van der Waals surface area contributed by atoms with E-state index < -0.39 is 0 Å². The van der Waals surface area contributed by atoms with E-state index in [1.165, 1.54) is 16.7 Å². The third-order valence-corrected chi connectivity index (χ3v) is 3.78. The van der Waals surface area contributed by atoms with Gasteiger partial charge in [-0.3, -0.25) is 0 Å². The first-order chi connectivity index (χ1) is 9.78. The Labute approximate surface area is 122 Å². The van der Waals surface area contributed by atoms with Gasteiger partial charge in [-0.05, 0) is 41.7 Å². The molecule has 0 aliphatic heterocycles. The molecule has 0 aliphatic carbocycles. The highest BCUT2D eigenvalue weighted by Crippen LogP contribution is 2.31. The van der Waals surface area contributed by atoms with Crippen molar-refractivity contribution in [2.75, 3.05) is 7.11 Å². The van der Waals surface area contributed by atoms with Gasteiger partial charge in [-0.25, -0.2) is 0 Å². The fraction of sp³-hybridized carbons (Fsp3) is 0.316. The molecule has 0 saturated heterocycles. The van der Waals surface area contributed by atoms with Crippen LogP contribution in [-0.4, -0.2) is 7.11 Å². The zero-order valence-electron chi connectivity index (χ0n) is 12.4. The van der Waals surface area contributed by atoms with E-state index in [-0.39, 0.29) is 0 Å². The van der Waals surface area contributed by atoms with E-state index in [1.807, 2.05) is 6.07 Å². The molecule has 0 saturated carbocycles. The third-order valence-electron chi connectivity index (χ3n) is 3.78. The Kier molecular flexibility index (Phi) is 5.23. The van der Waals surface area contributed by atoms with Crippen LogP contribution < -0.4 is 4.74 Å². The molecule has 0 heterocycles. The number of methoxy groups -OCH3 is 1. The lowest BCUT2D eigenvalue weighted by Gasteiger charge is -2.18. The second-order valence-corrected chi connectivity index (χ2v) is 5.07. The lowest BCUT2D eigenvalue weighted by molar-refractivity contribution is 0.414. The summed E-state index contributed by atoms with van der Waals surface area (Å²) >= 11 is 0. The van der Waals surface area contributed by atoms with E-state index in [0.717, 1.165) is 25.0 Å². The topological polar surface area (TPSA) is 9.23 Å². The summed E-state index contributed by atoms with van der Waals surface area (Å²) < 4.78 is 5.34. The first kappa shape index (κ1) is 14.6. The van der Waals surface area contributed by atoms with Gasteiger partial charge in [0.15, 0.2) is 0 Å². The highest BCUT2D eigenvalue weighted by molar-refractivity contribution is 5.38. The largest absolute Gasteiger partial charge is 0.497 e. The van der Waals surface area contributed by atoms with Gasteiger partial charge in [-0.1, -0.05) is 56.7 Å². The molecule has 2 rings (SSSR count). The van der Waals surface area contributed by atoms with E-state index in [2.05, 4.69) is 56.3 Å². The second kappa shape index (κ2) is 7.14. The van der Waals surface area contributed by atoms with E-state index in [4.69, 9.17) is 4.74 Å². The minimum absolute atomic E-state index is 0.397. The third kappa shape index (κ3) is 3.41. The van der Waals surface area contributed by atoms with Gasteiger partial charge >= 0.3 is 0 Å². The Bertz CT molecular complexity index is 528. The molecule has 2 aromatic rings. The Morgan fingerprint density at radius 3 is 2.40 bits per heavy atom. The maximum Gasteiger partial charge on any atom is 0.119 e. The zero-order valence-corrected chi connectivity index (χ0v) is 12.4. The van der Waals surface area contributed by atoms with Crippen molar-refractivity contribution in [1.82, 2.24) is 0 Å². The molecule has 0 fully saturated rings. The molecule has 0 N–H and O–H groups in total. The lowest BCUT2D eigenvalue weighted by Crippen LogP contribution is -2.01. The van der Waals surface area contributed by atoms with Crippen molar-refractivity contribution >= 4 is 0 Å². The van der Waals surface area contributed by atoms with Crippen molar-refractivity contribution in [2.24, 2.45) is 0 Å². The molecule has 2 aromatic carbocycles. The summed E-state index contributed by atoms with van der Waals surface area (Å²) in [5.41, 5.74) is 4.05. The second-order valence-electron chi connectivity index (χ2n) is 5.07. The predicted molar refractivity (Wildman–Crippen MR) is 85.2 cm³/mol. The first-order valence-electron chi connectivity index (χ1n) is 7.30. The lowest BCUT2D eigenvalue weighted by atomic mass is 9.87. The number of hydrogen-bond donors (Lipinski definition) is 0. The maximum atomic E-state index is 5.34. The molecule has 20 heavy (non-hydrogen) atoms. The number of benzene rings is 2. The summed E-state index contributed by atoms with van der Waals surface area (Å²) in [4.78, 5) is 0. The van der Waals surface area contributed by atoms with Crippen molar-refractivity contribution in [3.05, 3.63) is 72.1 Å². The Morgan fingerprint density at radius 1 is 1.05 bits per heavy atom. The molecule has 0 spiro atoms. The van der Waals surface area contributed by atoms with Crippen LogP contribution in [0.25, 0.3) is 0 Å². The quantitative estimate of drug-likeness (QED) is 0.715. The number of rotatable bonds is 6. The van der Waals surface area contributed by atoms with Gasteiger partial charge < -0.3 is 4.74 Å². The van der Waals surface area contributed by atoms with Crippen LogP contribution in [0.1, 0.15) is 42.4 Å². The molecular formula is C19H23O. The summed E-state index contributed by atoms with van der Waals surface area (Å²) in [6, 6.07) is 17.3. The summed E-state index contributed by atoms with van der Waals surface area (Å²) in [6.07, 6.45) is 3.06. The molecular weight excluding hydrogens is 244 g/mol. The Balaban J connectivity index is 2.33. The molecule has 1 nitrogen and oxygen atoms in total. The van der Waals surface area contributed by atoms with E-state index in [0.29, 0.717) is 5.92 Å². The SMILES string of the molecule is [CH2]CCC(c1ccc(CC)cc1)c1cccc(OC)c1. The van der Waals surface area contributed by atoms with Crippen LogP contribution >= 0.6 is 0 Å². The van der Waals surface area contributed by atoms with Crippen LogP contribution in [0.3, 0.4) is 0 Å². The van der Waals surface area contributed by atoms with Gasteiger partial charge in [0.25, 0.3) is 0 Å². The summed E-state index contributed by atoms with van der Waals surface area (Å²) in [6.45, 7) is 6.21. The molecule has 0 amide bonds. The van der Waals surface area contributed by atoms with Crippen molar-refractivity contribution in [1.29, 1.82) is 0 Å². The monoisotopic (exact) mass is 267 g/mol. The highest BCUT2D eigenvalue weighted by Gasteiger charge is 2.13. The van der Waals surface area contributed by atoms with Crippen LogP contribution in [0.5, 0.6) is 5.75 Å². The molecule has 1 unspecified atom stereocenters. The predicted octanol–water partition coefficient (Wildman–Crippen LogP) is 5.00. The van der Waals surface area contributed by atoms with Gasteiger partial charge in [0.2, 0.25) is 0 Å². The van der Waals surface area contributed by atoms with Crippen molar-refractivity contribution < 1.29 is 4.74 Å². The zero-order chi connectivity index (χ0) is 14.4. The smallest absolute Gasteiger partial charge is 0.119 e. The molecule has 105 valence electrons. The van der Waals surface area contributed by atoms with E-state index >= 15 is 0 Å². The van der Waals surface area contributed by atoms with Gasteiger partial charge in [-0.15, -0.1) is 0 Å². The van der Waals surface area contributed by atoms with Gasteiger partial charge in [0, 0.05) is 5.92 Å².